The highest BCUT2D eigenvalue weighted by Crippen LogP contribution is 2.17. The van der Waals surface area contributed by atoms with Crippen molar-refractivity contribution in [2.45, 2.75) is 23.5 Å². The van der Waals surface area contributed by atoms with E-state index < -0.39 is 9.84 Å². The maximum absolute atomic E-state index is 12.5. The molecule has 0 saturated carbocycles. The Morgan fingerprint density at radius 1 is 1.11 bits per heavy atom. The number of benzene rings is 2. The molecule has 1 aliphatic heterocycles. The van der Waals surface area contributed by atoms with Crippen molar-refractivity contribution >= 4 is 28.2 Å². The first-order valence-electron chi connectivity index (χ1n) is 8.90. The molecular weight excluding hydrogens is 384 g/mol. The van der Waals surface area contributed by atoms with E-state index in [4.69, 9.17) is 0 Å². The summed E-state index contributed by atoms with van der Waals surface area (Å²) in [5, 5.41) is 6.25. The highest BCUT2D eigenvalue weighted by molar-refractivity contribution is 7.90. The summed E-state index contributed by atoms with van der Waals surface area (Å²) in [5.74, 6) is 0.346. The molecule has 0 aromatic heterocycles. The third kappa shape index (κ3) is 6.06. The van der Waals surface area contributed by atoms with E-state index in [0.717, 1.165) is 25.9 Å². The monoisotopic (exact) mass is 408 g/mol. The molecule has 0 radical (unpaired) electrons. The van der Waals surface area contributed by atoms with Gasteiger partial charge in [0.25, 0.3) is 5.91 Å². The summed E-state index contributed by atoms with van der Waals surface area (Å²) in [6.07, 6.45) is 2.11. The lowest BCUT2D eigenvalue weighted by Crippen LogP contribution is -2.26. The molecule has 146 valence electrons. The van der Waals surface area contributed by atoms with E-state index >= 15 is 0 Å². The molecule has 27 heavy (non-hydrogen) atoms. The van der Waals surface area contributed by atoms with E-state index in [-0.39, 0.29) is 24.1 Å². The quantitative estimate of drug-likeness (QED) is 0.738. The molecule has 0 spiro atoms. The number of hydrogen-bond acceptors (Lipinski definition) is 4. The Morgan fingerprint density at radius 2 is 1.89 bits per heavy atom. The molecule has 7 heteroatoms. The van der Waals surface area contributed by atoms with Crippen molar-refractivity contribution in [1.82, 2.24) is 10.6 Å². The van der Waals surface area contributed by atoms with E-state index in [0.29, 0.717) is 28.5 Å². The lowest BCUT2D eigenvalue weighted by molar-refractivity contribution is 0.0951. The Bertz CT molecular complexity index is 851. The van der Waals surface area contributed by atoms with Crippen LogP contribution in [0.15, 0.2) is 59.5 Å². The molecule has 1 unspecified atom stereocenters. The van der Waals surface area contributed by atoms with Crippen LogP contribution in [0.25, 0.3) is 0 Å². The summed E-state index contributed by atoms with van der Waals surface area (Å²) in [6, 6.07) is 15.2. The van der Waals surface area contributed by atoms with E-state index in [9.17, 15) is 13.2 Å². The van der Waals surface area contributed by atoms with Crippen molar-refractivity contribution in [3.63, 3.8) is 0 Å². The molecule has 1 fully saturated rings. The third-order valence-electron chi connectivity index (χ3n) is 4.65. The molecule has 1 heterocycles. The highest BCUT2D eigenvalue weighted by atomic mass is 35.5. The minimum atomic E-state index is -3.42. The van der Waals surface area contributed by atoms with Crippen LogP contribution >= 0.6 is 12.4 Å². The van der Waals surface area contributed by atoms with Crippen molar-refractivity contribution in [3.8, 4) is 0 Å². The van der Waals surface area contributed by atoms with Crippen LogP contribution in [0.3, 0.4) is 0 Å². The van der Waals surface area contributed by atoms with Gasteiger partial charge in [-0.3, -0.25) is 4.79 Å². The van der Waals surface area contributed by atoms with Gasteiger partial charge in [-0.1, -0.05) is 30.3 Å². The second-order valence-electron chi connectivity index (χ2n) is 6.68. The van der Waals surface area contributed by atoms with Crippen molar-refractivity contribution < 1.29 is 13.2 Å². The maximum Gasteiger partial charge on any atom is 0.251 e. The number of amides is 1. The molecule has 3 rings (SSSR count). The van der Waals surface area contributed by atoms with Crippen LogP contribution in [-0.2, 0) is 15.6 Å². The predicted octanol–water partition coefficient (Wildman–Crippen LogP) is 2.81. The summed E-state index contributed by atoms with van der Waals surface area (Å²) in [7, 11) is -3.42. The fraction of sp³-hybridized carbons (Fsp3) is 0.350. The number of carbonyl (C=O) groups excluding carboxylic acids is 1. The van der Waals surface area contributed by atoms with Crippen LogP contribution in [-0.4, -0.2) is 34.0 Å². The van der Waals surface area contributed by atoms with Crippen LogP contribution in [0.2, 0.25) is 0 Å². The second kappa shape index (κ2) is 9.88. The fourth-order valence-electron chi connectivity index (χ4n) is 3.19. The number of hydrogen-bond donors (Lipinski definition) is 2. The molecule has 1 amide bonds. The maximum atomic E-state index is 12.5. The van der Waals surface area contributed by atoms with Gasteiger partial charge in [-0.2, -0.15) is 0 Å². The summed E-state index contributed by atoms with van der Waals surface area (Å²) in [4.78, 5) is 12.6. The Morgan fingerprint density at radius 3 is 2.59 bits per heavy atom. The predicted molar refractivity (Wildman–Crippen MR) is 109 cm³/mol. The van der Waals surface area contributed by atoms with E-state index in [1.54, 1.807) is 54.6 Å². The molecule has 1 aliphatic rings. The molecule has 1 atom stereocenters. The van der Waals surface area contributed by atoms with Crippen molar-refractivity contribution in [3.05, 3.63) is 65.7 Å². The number of sulfone groups is 1. The Balaban J connectivity index is 0.00000261. The summed E-state index contributed by atoms with van der Waals surface area (Å²) in [6.45, 7) is 2.71. The zero-order valence-corrected chi connectivity index (χ0v) is 16.7. The third-order valence-corrected chi connectivity index (χ3v) is 6.35. The molecule has 5 nitrogen and oxygen atoms in total. The van der Waals surface area contributed by atoms with Crippen molar-refractivity contribution in [1.29, 1.82) is 0 Å². The Kier molecular flexibility index (Phi) is 7.83. The van der Waals surface area contributed by atoms with Gasteiger partial charge in [0.2, 0.25) is 0 Å². The van der Waals surface area contributed by atoms with Crippen LogP contribution in [0.5, 0.6) is 0 Å². The molecule has 2 N–H and O–H groups in total. The number of carbonyl (C=O) groups is 1. The van der Waals surface area contributed by atoms with Gasteiger partial charge in [0.15, 0.2) is 9.84 Å². The lowest BCUT2D eigenvalue weighted by Gasteiger charge is -2.10. The fourth-order valence-corrected chi connectivity index (χ4v) is 4.54. The SMILES string of the molecule is Cl.O=C(NCCC1CCNC1)c1cccc(CS(=O)(=O)c2ccccc2)c1. The Hall–Kier alpha value is -1.89. The van der Waals surface area contributed by atoms with Gasteiger partial charge >= 0.3 is 0 Å². The molecule has 2 aromatic carbocycles. The first-order chi connectivity index (χ1) is 12.5. The molecule has 0 bridgehead atoms. The Labute approximate surface area is 166 Å². The largest absolute Gasteiger partial charge is 0.352 e. The highest BCUT2D eigenvalue weighted by Gasteiger charge is 2.17. The van der Waals surface area contributed by atoms with Crippen molar-refractivity contribution in [2.75, 3.05) is 19.6 Å². The molecule has 1 saturated heterocycles. The van der Waals surface area contributed by atoms with Gasteiger partial charge < -0.3 is 10.6 Å². The van der Waals surface area contributed by atoms with Crippen LogP contribution in [0.4, 0.5) is 0 Å². The zero-order valence-electron chi connectivity index (χ0n) is 15.1. The van der Waals surface area contributed by atoms with E-state index in [1.165, 1.54) is 0 Å². The zero-order chi connectivity index (χ0) is 18.4. The van der Waals surface area contributed by atoms with Crippen LogP contribution in [0.1, 0.15) is 28.8 Å². The summed E-state index contributed by atoms with van der Waals surface area (Å²) < 4.78 is 25.0. The summed E-state index contributed by atoms with van der Waals surface area (Å²) >= 11 is 0. The average Bonchev–Trinajstić information content (AvgIpc) is 3.16. The first kappa shape index (κ1) is 21.4. The van der Waals surface area contributed by atoms with Crippen LogP contribution < -0.4 is 10.6 Å². The van der Waals surface area contributed by atoms with Crippen molar-refractivity contribution in [2.24, 2.45) is 5.92 Å². The van der Waals surface area contributed by atoms with Gasteiger partial charge in [-0.25, -0.2) is 8.42 Å². The number of halogens is 1. The van der Waals surface area contributed by atoms with Gasteiger partial charge in [-0.05, 0) is 61.7 Å². The van der Waals surface area contributed by atoms with Gasteiger partial charge in [0, 0.05) is 12.1 Å². The summed E-state index contributed by atoms with van der Waals surface area (Å²) in [5.41, 5.74) is 1.11. The normalized spacial score (nSPS) is 16.5. The number of rotatable bonds is 7. The molecule has 2 aromatic rings. The number of nitrogens with one attached hydrogen (secondary N) is 2. The smallest absolute Gasteiger partial charge is 0.251 e. The average molecular weight is 409 g/mol. The topological polar surface area (TPSA) is 75.3 Å². The standard InChI is InChI=1S/C20H24N2O3S.ClH/c23-20(22-12-10-16-9-11-21-14-16)18-6-4-5-17(13-18)15-26(24,25)19-7-2-1-3-8-19;/h1-8,13,16,21H,9-12,14-15H2,(H,22,23);1H. The van der Waals surface area contributed by atoms with Crippen LogP contribution in [0, 0.1) is 5.92 Å². The second-order valence-corrected chi connectivity index (χ2v) is 8.67. The molecular formula is C20H25ClN2O3S. The van der Waals surface area contributed by atoms with Gasteiger partial charge in [0.05, 0.1) is 10.6 Å². The van der Waals surface area contributed by atoms with E-state index in [2.05, 4.69) is 10.6 Å². The molecule has 0 aliphatic carbocycles. The van der Waals surface area contributed by atoms with Gasteiger partial charge in [0.1, 0.15) is 0 Å². The minimum Gasteiger partial charge on any atom is -0.352 e. The lowest BCUT2D eigenvalue weighted by atomic mass is 10.1. The first-order valence-corrected chi connectivity index (χ1v) is 10.6. The van der Waals surface area contributed by atoms with Gasteiger partial charge in [-0.15, -0.1) is 12.4 Å². The minimum absolute atomic E-state index is 0. The van der Waals surface area contributed by atoms with E-state index in [1.807, 2.05) is 0 Å².